The summed E-state index contributed by atoms with van der Waals surface area (Å²) in [6.45, 7) is 7.66. The summed E-state index contributed by atoms with van der Waals surface area (Å²) in [5.41, 5.74) is 11.8. The Balaban J connectivity index is 0. The van der Waals surface area contributed by atoms with Crippen molar-refractivity contribution in [3.63, 3.8) is 0 Å². The van der Waals surface area contributed by atoms with Gasteiger partial charge in [0.1, 0.15) is 41.4 Å². The zero-order valence-corrected chi connectivity index (χ0v) is 85.1. The van der Waals surface area contributed by atoms with Crippen LogP contribution < -0.4 is 169 Å². The minimum absolute atomic E-state index is 0. The molecule has 0 aliphatic carbocycles. The Labute approximate surface area is 856 Å². The molecule has 13 rings (SSSR count). The topological polar surface area (TPSA) is 253 Å². The Morgan fingerprint density at radius 1 is 0.553 bits per heavy atom. The summed E-state index contributed by atoms with van der Waals surface area (Å²) in [4.78, 5) is 32.5. The van der Waals surface area contributed by atoms with Gasteiger partial charge in [0.15, 0.2) is 5.78 Å². The second kappa shape index (κ2) is 68.8. The number of methoxy groups -OCH3 is 2. The van der Waals surface area contributed by atoms with Crippen LogP contribution in [0.25, 0.3) is 53.9 Å². The van der Waals surface area contributed by atoms with E-state index in [9.17, 15) is 4.79 Å². The molecule has 7 heterocycles. The first-order chi connectivity index (χ1) is 58.4. The zero-order valence-electron chi connectivity index (χ0n) is 71.2. The summed E-state index contributed by atoms with van der Waals surface area (Å²) in [5.74, 6) is 55.5. The van der Waals surface area contributed by atoms with Crippen molar-refractivity contribution in [1.82, 2.24) is 49.6 Å². The number of hydrazine groups is 1. The number of aromatic hydroxyl groups is 1. The SMILES string of the molecule is C.C#CC#CC#CC#CC#CC.CC#CC#CC#CC#CC#CC.CC(=O)c1ccc(OCc2ccccc2)cc1.CNN.COC(OC)N(C)C.Clc1nccc2sccc12.Cn1nccc1-c1ccc(O)cc1.Cn1nccc1-c1ccc(OCc2ccccc2)cc1.Cn1nccc1-c1ccc(Oc2nccc3sccc23)cc1.O=CO[O-].[Cs+].[Cs+].[H-].[HH]. The van der Waals surface area contributed by atoms with Crippen LogP contribution >= 0.6 is 34.3 Å². The Morgan fingerprint density at radius 2 is 0.902 bits per heavy atom. The van der Waals surface area contributed by atoms with E-state index in [0.29, 0.717) is 29.8 Å². The summed E-state index contributed by atoms with van der Waals surface area (Å²) in [6, 6.07) is 64.4. The van der Waals surface area contributed by atoms with E-state index in [2.05, 4.69) is 178 Å². The molecule has 0 spiro atoms. The number of pyridine rings is 2. The van der Waals surface area contributed by atoms with Crippen LogP contribution in [0.5, 0.6) is 28.9 Å². The van der Waals surface area contributed by atoms with E-state index in [4.69, 9.17) is 56.9 Å². The molecule has 0 aliphatic rings. The van der Waals surface area contributed by atoms with Crippen molar-refractivity contribution in [2.24, 2.45) is 27.0 Å². The first kappa shape index (κ1) is 110. The Morgan fingerprint density at radius 3 is 1.24 bits per heavy atom. The maximum atomic E-state index is 11.1. The number of aromatic nitrogens is 8. The fourth-order valence-electron chi connectivity index (χ4n) is 9.29. The fraction of sp³-hybridized carbons (Fsp3) is 0.165. The summed E-state index contributed by atoms with van der Waals surface area (Å²) >= 11 is 9.16. The van der Waals surface area contributed by atoms with Crippen molar-refractivity contribution in [2.75, 3.05) is 35.4 Å². The normalized spacial score (nSPS) is 8.72. The Hall–Kier alpha value is -10.7. The smallest absolute Gasteiger partial charge is 1.00 e. The van der Waals surface area contributed by atoms with Gasteiger partial charge in [-0.1, -0.05) is 97.5 Å². The molecule has 123 heavy (non-hydrogen) atoms. The third kappa shape index (κ3) is 45.3. The van der Waals surface area contributed by atoms with Gasteiger partial charge in [0.25, 0.3) is 6.47 Å². The number of phenols is 1. The molecule has 4 N–H and O–H groups in total. The van der Waals surface area contributed by atoms with Crippen molar-refractivity contribution in [3.05, 3.63) is 264 Å². The van der Waals surface area contributed by atoms with Crippen LogP contribution in [-0.2, 0) is 53.5 Å². The maximum Gasteiger partial charge on any atom is 1.00 e. The van der Waals surface area contributed by atoms with E-state index in [1.165, 1.54) is 15.0 Å². The minimum atomic E-state index is -0.213. The molecule has 0 unspecified atom stereocenters. The van der Waals surface area contributed by atoms with Crippen molar-refractivity contribution in [1.29, 1.82) is 0 Å². The summed E-state index contributed by atoms with van der Waals surface area (Å²) in [7, 11) is 14.4. The van der Waals surface area contributed by atoms with E-state index in [1.807, 2.05) is 212 Å². The molecule has 0 aliphatic heterocycles. The Kier molecular flexibility index (Phi) is 61.6. The molecule has 0 saturated heterocycles. The van der Waals surface area contributed by atoms with Crippen LogP contribution in [0.15, 0.2) is 242 Å². The molecule has 0 bridgehead atoms. The number of aryl methyl sites for hydroxylation is 3. The molecule has 21 nitrogen and oxygen atoms in total. The minimum Gasteiger partial charge on any atom is -1.00 e. The number of rotatable bonds is 16. The summed E-state index contributed by atoms with van der Waals surface area (Å²) < 4.78 is 34.9. The van der Waals surface area contributed by atoms with Gasteiger partial charge in [-0.3, -0.25) is 39.8 Å². The van der Waals surface area contributed by atoms with Gasteiger partial charge in [0.05, 0.1) is 22.5 Å². The van der Waals surface area contributed by atoms with E-state index >= 15 is 0 Å². The summed E-state index contributed by atoms with van der Waals surface area (Å²) in [6.07, 6.45) is 13.5. The van der Waals surface area contributed by atoms with Crippen LogP contribution in [0.3, 0.4) is 0 Å². The molecular formula is C97H94ClCs2N11O10S2. The zero-order chi connectivity index (χ0) is 87.2. The van der Waals surface area contributed by atoms with Gasteiger partial charge in [-0.05, 0) is 305 Å². The number of terminal acetylenes is 1. The number of Topliss-reactive ketones (excluding diaryl/α,β-unsaturated/α-hetero) is 1. The van der Waals surface area contributed by atoms with E-state index in [1.54, 1.807) is 132 Å². The molecule has 26 heteroatoms. The molecule has 0 amide bonds. The average molecular weight is 1940 g/mol. The van der Waals surface area contributed by atoms with Crippen LogP contribution in [0, 0.1) is 119 Å². The van der Waals surface area contributed by atoms with Crippen LogP contribution in [0.1, 0.15) is 59.5 Å². The molecular weight excluding hydrogens is 1840 g/mol. The number of nitrogens with zero attached hydrogens (tertiary/aromatic N) is 9. The predicted molar refractivity (Wildman–Crippen MR) is 488 cm³/mol. The van der Waals surface area contributed by atoms with Crippen molar-refractivity contribution >= 4 is 66.7 Å². The molecule has 0 fully saturated rings. The summed E-state index contributed by atoms with van der Waals surface area (Å²) in [5, 5.41) is 36.7. The quantitative estimate of drug-likeness (QED) is 0.0119. The second-order valence-electron chi connectivity index (χ2n) is 23.2. The van der Waals surface area contributed by atoms with Crippen LogP contribution in [0.4, 0.5) is 0 Å². The molecule has 618 valence electrons. The Bertz CT molecular complexity index is 5880. The van der Waals surface area contributed by atoms with Crippen LogP contribution in [0.2, 0.25) is 5.15 Å². The number of hydrogen-bond acceptors (Lipinski definition) is 20. The predicted octanol–water partition coefficient (Wildman–Crippen LogP) is 10.7. The van der Waals surface area contributed by atoms with Gasteiger partial charge >= 0.3 is 138 Å². The molecule has 0 saturated carbocycles. The number of fused-ring (bicyclic) bond motifs is 2. The van der Waals surface area contributed by atoms with Gasteiger partial charge in [-0.25, -0.2) is 9.97 Å². The number of halogens is 1. The number of nitrogens with one attached hydrogen (secondary N) is 1. The van der Waals surface area contributed by atoms with Gasteiger partial charge in [0.2, 0.25) is 12.3 Å². The van der Waals surface area contributed by atoms with E-state index in [-0.39, 0.29) is 172 Å². The number of benzene rings is 6. The third-order valence-corrected chi connectivity index (χ3v) is 16.8. The molecule has 0 radical (unpaired) electrons. The fourth-order valence-corrected chi connectivity index (χ4v) is 11.1. The largest absolute Gasteiger partial charge is 1.00 e. The molecule has 6 aromatic carbocycles. The number of carbonyl (C=O) groups is 2. The monoisotopic (exact) mass is 1940 g/mol. The standard InChI is InChI=1S/C17H13N3OS.C17H16N2O.C15H14O2.C12H6.C11H4.C10H10N2O.C7H4ClNS.C5H13NO2.CH6N2.CH2O3.CH4.2Cs.H2.H/c1-20-15(6-10-19-20)12-2-4-13(5-3-12)21-17-14-8-11-22-16(14)7-9-18-17;1-19-17(11-12-18-19)15-7-9-16(10-8-15)20-13-14-5-3-2-4-6-14;1-12(16)14-7-9-15(10-8-14)17-11-13-5-3-2-4-6-13;1-3-5-7-9-11-12-10-8-6-4-2;1-3-5-7-9-11-10-8-6-4-2;1-12-10(6-7-11-12)8-2-4-9(13)5-3-8;8-7-5-2-4-10-6(5)1-3-9-7;1-6(2)5(7-3)8-4;1-3-2;2-1-4-3;;;;;/h2-11H,1H3;2-12H,13H2,1H3;2-10H,11H2,1H3;1-2H3;1H,2H3;2-7,13H,1H3;1-4H;5H,1-4H3;3H,2H2,1H3;1,3H;1H4;;;1H;/q;;;;;;;;;;;2*+1;;-1/p-1. The first-order valence-corrected chi connectivity index (χ1v) is 38.0. The maximum absolute atomic E-state index is 11.1. The number of phenolic OH excluding ortho intramolecular Hbond substituents is 1. The number of ketones is 1. The van der Waals surface area contributed by atoms with E-state index < -0.39 is 0 Å². The molecule has 13 aromatic rings. The number of nitrogens with two attached hydrogens (primary N) is 1. The number of hydrogen-bond donors (Lipinski definition) is 3. The molecule has 7 aromatic heterocycles. The van der Waals surface area contributed by atoms with Crippen molar-refractivity contribution in [3.8, 4) is 182 Å². The number of ether oxygens (including phenoxy) is 5. The van der Waals surface area contributed by atoms with Crippen molar-refractivity contribution < 1.29 is 189 Å². The average Bonchev–Trinajstić information content (AvgIpc) is 1.71. The number of thiophene rings is 2. The van der Waals surface area contributed by atoms with Crippen molar-refractivity contribution in [2.45, 2.75) is 54.7 Å². The second-order valence-corrected chi connectivity index (χ2v) is 25.5. The van der Waals surface area contributed by atoms with Gasteiger partial charge in [-0.2, -0.15) is 15.3 Å². The van der Waals surface area contributed by atoms with Gasteiger partial charge in [0, 0.05) is 105 Å². The molecule has 0 atom stereocenters. The van der Waals surface area contributed by atoms with Gasteiger partial charge in [-0.15, -0.1) is 29.1 Å². The van der Waals surface area contributed by atoms with Crippen LogP contribution in [-0.4, -0.2) is 103 Å². The van der Waals surface area contributed by atoms with E-state index in [0.717, 1.165) is 67.4 Å². The third-order valence-electron chi connectivity index (χ3n) is 14.7. The number of carbonyl (C=O) groups excluding carboxylic acids is 2. The van der Waals surface area contributed by atoms with Gasteiger partial charge < -0.3 is 40.4 Å². The first-order valence-electron chi connectivity index (χ1n) is 35.8.